The molecule has 186 valence electrons. The van der Waals surface area contributed by atoms with Crippen molar-refractivity contribution in [3.05, 3.63) is 71.8 Å². The number of hydrogen-bond acceptors (Lipinski definition) is 5. The standard InChI is InChI=1S/C29H30N2O5/c1-18(14-28(34)35)20-7-10-23(11-8-20)36-17-19-6-12-24-25(15-19)31(22-4-2-3-5-22)30-29(24)21-9-13-26(32)27(33)16-21/h6-13,15-16,18,22,32-33H,2-5,14,17H2,1H3,(H,34,35)/t18-/m0/s1. The van der Waals surface area contributed by atoms with Gasteiger partial charge in [0.25, 0.3) is 0 Å². The number of benzene rings is 3. The summed E-state index contributed by atoms with van der Waals surface area (Å²) in [4.78, 5) is 11.0. The van der Waals surface area contributed by atoms with Crippen molar-refractivity contribution in [3.8, 4) is 28.5 Å². The van der Waals surface area contributed by atoms with Crippen LogP contribution in [-0.2, 0) is 11.4 Å². The van der Waals surface area contributed by atoms with E-state index < -0.39 is 5.97 Å². The van der Waals surface area contributed by atoms with E-state index in [0.29, 0.717) is 12.6 Å². The van der Waals surface area contributed by atoms with E-state index in [1.54, 1.807) is 12.1 Å². The molecule has 5 rings (SSSR count). The molecule has 0 amide bonds. The number of phenolic OH excluding ortho intramolecular Hbond substituents is 2. The Balaban J connectivity index is 1.40. The highest BCUT2D eigenvalue weighted by Gasteiger charge is 2.23. The first kappa shape index (κ1) is 23.7. The number of phenols is 2. The molecule has 7 heteroatoms. The minimum atomic E-state index is -0.805. The molecule has 1 fully saturated rings. The van der Waals surface area contributed by atoms with Gasteiger partial charge in [-0.15, -0.1) is 0 Å². The Morgan fingerprint density at radius 3 is 2.47 bits per heavy atom. The fourth-order valence-corrected chi connectivity index (χ4v) is 5.02. The van der Waals surface area contributed by atoms with E-state index in [1.165, 1.54) is 18.9 Å². The minimum absolute atomic E-state index is 0.0560. The highest BCUT2D eigenvalue weighted by molar-refractivity contribution is 5.94. The molecule has 0 spiro atoms. The van der Waals surface area contributed by atoms with Crippen LogP contribution in [-0.4, -0.2) is 31.1 Å². The predicted octanol–water partition coefficient (Wildman–Crippen LogP) is 6.39. The molecule has 4 aromatic rings. The summed E-state index contributed by atoms with van der Waals surface area (Å²) in [5.74, 6) is -0.447. The second-order valence-electron chi connectivity index (χ2n) is 9.64. The van der Waals surface area contributed by atoms with Gasteiger partial charge in [0, 0.05) is 10.9 Å². The topological polar surface area (TPSA) is 105 Å². The molecule has 1 atom stereocenters. The van der Waals surface area contributed by atoms with Crippen molar-refractivity contribution in [3.63, 3.8) is 0 Å². The summed E-state index contributed by atoms with van der Waals surface area (Å²) in [6.45, 7) is 2.30. The molecule has 1 saturated carbocycles. The SMILES string of the molecule is C[C@@H](CC(=O)O)c1ccc(OCc2ccc3c(-c4ccc(O)c(O)c4)nn(C4CCCC4)c3c2)cc1. The number of carbonyl (C=O) groups is 1. The van der Waals surface area contributed by atoms with Crippen LogP contribution in [0.25, 0.3) is 22.2 Å². The van der Waals surface area contributed by atoms with Gasteiger partial charge in [-0.1, -0.05) is 44.0 Å². The van der Waals surface area contributed by atoms with Gasteiger partial charge in [0.05, 0.1) is 18.0 Å². The molecule has 0 radical (unpaired) electrons. The van der Waals surface area contributed by atoms with Crippen LogP contribution >= 0.6 is 0 Å². The van der Waals surface area contributed by atoms with Gasteiger partial charge in [0.2, 0.25) is 0 Å². The number of aliphatic carboxylic acids is 1. The lowest BCUT2D eigenvalue weighted by molar-refractivity contribution is -0.137. The lowest BCUT2D eigenvalue weighted by Crippen LogP contribution is -2.06. The van der Waals surface area contributed by atoms with Crippen molar-refractivity contribution < 1.29 is 24.9 Å². The zero-order chi connectivity index (χ0) is 25.2. The summed E-state index contributed by atoms with van der Waals surface area (Å²) in [5.41, 5.74) is 4.56. The maximum Gasteiger partial charge on any atom is 0.303 e. The molecule has 0 saturated heterocycles. The summed E-state index contributed by atoms with van der Waals surface area (Å²) in [7, 11) is 0. The van der Waals surface area contributed by atoms with Crippen molar-refractivity contribution in [2.24, 2.45) is 0 Å². The molecule has 0 bridgehead atoms. The van der Waals surface area contributed by atoms with E-state index in [1.807, 2.05) is 43.3 Å². The molecule has 7 nitrogen and oxygen atoms in total. The molecule has 0 aliphatic heterocycles. The molecule has 3 N–H and O–H groups in total. The van der Waals surface area contributed by atoms with Crippen LogP contribution in [0.5, 0.6) is 17.2 Å². The van der Waals surface area contributed by atoms with Crippen molar-refractivity contribution in [2.45, 2.75) is 57.6 Å². The third-order valence-electron chi connectivity index (χ3n) is 7.03. The zero-order valence-electron chi connectivity index (χ0n) is 20.2. The number of rotatable bonds is 8. The number of nitrogens with zero attached hydrogens (tertiary/aromatic N) is 2. The van der Waals surface area contributed by atoms with E-state index in [0.717, 1.165) is 51.9 Å². The van der Waals surface area contributed by atoms with Crippen LogP contribution in [0.15, 0.2) is 60.7 Å². The van der Waals surface area contributed by atoms with E-state index in [4.69, 9.17) is 14.9 Å². The fraction of sp³-hybridized carbons (Fsp3) is 0.310. The normalized spacial score (nSPS) is 14.8. The molecule has 1 aliphatic rings. The molecule has 1 heterocycles. The third-order valence-corrected chi connectivity index (χ3v) is 7.03. The van der Waals surface area contributed by atoms with E-state index in [9.17, 15) is 15.0 Å². The minimum Gasteiger partial charge on any atom is -0.504 e. The van der Waals surface area contributed by atoms with Crippen molar-refractivity contribution in [1.82, 2.24) is 9.78 Å². The lowest BCUT2D eigenvalue weighted by Gasteiger charge is -2.13. The molecule has 3 aromatic carbocycles. The molecular weight excluding hydrogens is 456 g/mol. The van der Waals surface area contributed by atoms with Crippen molar-refractivity contribution in [2.75, 3.05) is 0 Å². The van der Waals surface area contributed by atoms with Gasteiger partial charge in [-0.2, -0.15) is 5.10 Å². The Bertz CT molecular complexity index is 1390. The summed E-state index contributed by atoms with van der Waals surface area (Å²) in [6.07, 6.45) is 4.64. The predicted molar refractivity (Wildman–Crippen MR) is 137 cm³/mol. The summed E-state index contributed by atoms with van der Waals surface area (Å²) >= 11 is 0. The smallest absolute Gasteiger partial charge is 0.303 e. The Hall–Kier alpha value is -4.00. The second-order valence-corrected chi connectivity index (χ2v) is 9.64. The average Bonchev–Trinajstić information content (AvgIpc) is 3.52. The number of aromatic hydroxyl groups is 2. The first-order chi connectivity index (χ1) is 17.4. The zero-order valence-corrected chi connectivity index (χ0v) is 20.2. The van der Waals surface area contributed by atoms with Crippen LogP contribution in [0.2, 0.25) is 0 Å². The Labute approximate surface area is 209 Å². The number of aromatic nitrogens is 2. The van der Waals surface area contributed by atoms with Crippen LogP contribution < -0.4 is 4.74 Å². The second kappa shape index (κ2) is 9.93. The van der Waals surface area contributed by atoms with E-state index in [-0.39, 0.29) is 23.8 Å². The van der Waals surface area contributed by atoms with Gasteiger partial charge in [0.15, 0.2) is 11.5 Å². The molecule has 1 aromatic heterocycles. The first-order valence-corrected chi connectivity index (χ1v) is 12.4. The van der Waals surface area contributed by atoms with E-state index >= 15 is 0 Å². The number of fused-ring (bicyclic) bond motifs is 1. The first-order valence-electron chi connectivity index (χ1n) is 12.4. The number of ether oxygens (including phenoxy) is 1. The molecule has 0 unspecified atom stereocenters. The van der Waals surface area contributed by atoms with Crippen LogP contribution in [0.3, 0.4) is 0 Å². The van der Waals surface area contributed by atoms with Crippen molar-refractivity contribution >= 4 is 16.9 Å². The summed E-state index contributed by atoms with van der Waals surface area (Å²) in [6, 6.07) is 18.9. The number of carboxylic acids is 1. The fourth-order valence-electron chi connectivity index (χ4n) is 5.02. The monoisotopic (exact) mass is 486 g/mol. The molecule has 1 aliphatic carbocycles. The van der Waals surface area contributed by atoms with Crippen LogP contribution in [0, 0.1) is 0 Å². The highest BCUT2D eigenvalue weighted by atomic mass is 16.5. The lowest BCUT2D eigenvalue weighted by atomic mass is 9.98. The number of carboxylic acid groups (broad SMARTS) is 1. The Morgan fingerprint density at radius 2 is 1.78 bits per heavy atom. The van der Waals surface area contributed by atoms with Crippen LogP contribution in [0.4, 0.5) is 0 Å². The third kappa shape index (κ3) is 4.87. The Kier molecular flexibility index (Phi) is 6.55. The summed E-state index contributed by atoms with van der Waals surface area (Å²) in [5, 5.41) is 34.7. The largest absolute Gasteiger partial charge is 0.504 e. The molecule has 36 heavy (non-hydrogen) atoms. The quantitative estimate of drug-likeness (QED) is 0.249. The average molecular weight is 487 g/mol. The maximum absolute atomic E-state index is 11.0. The van der Waals surface area contributed by atoms with Gasteiger partial charge in [-0.25, -0.2) is 0 Å². The van der Waals surface area contributed by atoms with Gasteiger partial charge in [-0.05, 0) is 66.3 Å². The maximum atomic E-state index is 11.0. The summed E-state index contributed by atoms with van der Waals surface area (Å²) < 4.78 is 8.15. The van der Waals surface area contributed by atoms with Gasteiger partial charge in [0.1, 0.15) is 18.1 Å². The van der Waals surface area contributed by atoms with Crippen molar-refractivity contribution in [1.29, 1.82) is 0 Å². The van der Waals surface area contributed by atoms with E-state index in [2.05, 4.69) is 10.7 Å². The molecular formula is C29H30N2O5. The van der Waals surface area contributed by atoms with Gasteiger partial charge >= 0.3 is 5.97 Å². The Morgan fingerprint density at radius 1 is 1.03 bits per heavy atom. The number of hydrogen-bond donors (Lipinski definition) is 3. The highest BCUT2D eigenvalue weighted by Crippen LogP contribution is 2.38. The van der Waals surface area contributed by atoms with Crippen LogP contribution in [0.1, 0.15) is 62.1 Å². The van der Waals surface area contributed by atoms with Gasteiger partial charge in [-0.3, -0.25) is 9.48 Å². The van der Waals surface area contributed by atoms with Gasteiger partial charge < -0.3 is 20.1 Å².